The Balaban J connectivity index is 1.64. The molecule has 1 aliphatic rings. The summed E-state index contributed by atoms with van der Waals surface area (Å²) >= 11 is 1.44. The number of halogens is 1. The van der Waals surface area contributed by atoms with Gasteiger partial charge in [-0.15, -0.1) is 0 Å². The second-order valence-electron chi connectivity index (χ2n) is 5.01. The molecule has 110 valence electrons. The molecule has 1 aromatic heterocycles. The molecule has 2 heterocycles. The molecule has 1 aliphatic heterocycles. The maximum atomic E-state index is 12.9. The number of thiazole rings is 1. The van der Waals surface area contributed by atoms with E-state index in [2.05, 4.69) is 14.8 Å². The molecular weight excluding hydrogens is 289 g/mol. The van der Waals surface area contributed by atoms with Gasteiger partial charge >= 0.3 is 0 Å². The largest absolute Gasteiger partial charge is 0.368 e. The van der Waals surface area contributed by atoms with Crippen molar-refractivity contribution < 1.29 is 9.18 Å². The van der Waals surface area contributed by atoms with Crippen molar-refractivity contribution in [2.24, 2.45) is 0 Å². The molecule has 1 saturated heterocycles. The van der Waals surface area contributed by atoms with E-state index in [1.165, 1.54) is 23.5 Å². The Bertz CT molecular complexity index is 633. The molecular formula is C15H16FN3OS. The SMILES string of the molecule is CC(=O)c1cnc(N2CCN(c3ccc(F)cc3)CC2)s1. The topological polar surface area (TPSA) is 36.4 Å². The van der Waals surface area contributed by atoms with E-state index in [1.54, 1.807) is 13.1 Å². The Labute approximate surface area is 126 Å². The standard InChI is InChI=1S/C15H16FN3OS/c1-11(20)14-10-17-15(21-14)19-8-6-18(7-9-19)13-4-2-12(16)3-5-13/h2-5,10H,6-9H2,1H3. The molecule has 0 unspecified atom stereocenters. The van der Waals surface area contributed by atoms with Crippen LogP contribution in [0.2, 0.25) is 0 Å². The van der Waals surface area contributed by atoms with Crippen LogP contribution in [0, 0.1) is 5.82 Å². The fourth-order valence-electron chi connectivity index (χ4n) is 2.38. The summed E-state index contributed by atoms with van der Waals surface area (Å²) in [7, 11) is 0. The van der Waals surface area contributed by atoms with Crippen molar-refractivity contribution in [1.29, 1.82) is 0 Å². The van der Waals surface area contributed by atoms with Gasteiger partial charge in [0.05, 0.1) is 11.1 Å². The van der Waals surface area contributed by atoms with Crippen LogP contribution in [0.3, 0.4) is 0 Å². The number of hydrogen-bond donors (Lipinski definition) is 0. The van der Waals surface area contributed by atoms with Crippen molar-refractivity contribution >= 4 is 27.9 Å². The molecule has 2 aromatic rings. The Hall–Kier alpha value is -1.95. The van der Waals surface area contributed by atoms with Crippen LogP contribution in [0.15, 0.2) is 30.5 Å². The molecule has 0 N–H and O–H groups in total. The molecule has 0 aliphatic carbocycles. The first-order valence-electron chi connectivity index (χ1n) is 6.86. The number of piperazine rings is 1. The van der Waals surface area contributed by atoms with Gasteiger partial charge in [0.1, 0.15) is 5.82 Å². The van der Waals surface area contributed by atoms with Gasteiger partial charge in [0.2, 0.25) is 0 Å². The van der Waals surface area contributed by atoms with E-state index in [-0.39, 0.29) is 11.6 Å². The van der Waals surface area contributed by atoms with Gasteiger partial charge in [-0.05, 0) is 24.3 Å². The lowest BCUT2D eigenvalue weighted by Crippen LogP contribution is -2.46. The van der Waals surface area contributed by atoms with Crippen molar-refractivity contribution in [3.8, 4) is 0 Å². The average molecular weight is 305 g/mol. The summed E-state index contributed by atoms with van der Waals surface area (Å²) in [5.74, 6) is -0.152. The third kappa shape index (κ3) is 3.05. The van der Waals surface area contributed by atoms with Gasteiger partial charge in [-0.25, -0.2) is 9.37 Å². The molecule has 0 radical (unpaired) electrons. The second-order valence-corrected chi connectivity index (χ2v) is 6.02. The summed E-state index contributed by atoms with van der Waals surface area (Å²) in [6.45, 7) is 4.98. The first-order chi connectivity index (χ1) is 10.1. The predicted octanol–water partition coefficient (Wildman–Crippen LogP) is 2.81. The summed E-state index contributed by atoms with van der Waals surface area (Å²) in [6, 6.07) is 6.59. The third-order valence-corrected chi connectivity index (χ3v) is 4.74. The Morgan fingerprint density at radius 1 is 1.14 bits per heavy atom. The van der Waals surface area contributed by atoms with Crippen LogP contribution in [0.25, 0.3) is 0 Å². The van der Waals surface area contributed by atoms with Crippen LogP contribution >= 0.6 is 11.3 Å². The number of benzene rings is 1. The van der Waals surface area contributed by atoms with Crippen LogP contribution in [-0.2, 0) is 0 Å². The average Bonchev–Trinajstić information content (AvgIpc) is 2.98. The van der Waals surface area contributed by atoms with Crippen molar-refractivity contribution in [1.82, 2.24) is 4.98 Å². The lowest BCUT2D eigenvalue weighted by Gasteiger charge is -2.36. The molecule has 1 fully saturated rings. The maximum absolute atomic E-state index is 12.9. The highest BCUT2D eigenvalue weighted by atomic mass is 32.1. The fraction of sp³-hybridized carbons (Fsp3) is 0.333. The fourth-order valence-corrected chi connectivity index (χ4v) is 3.24. The first-order valence-corrected chi connectivity index (χ1v) is 7.67. The van der Waals surface area contributed by atoms with Crippen LogP contribution in [-0.4, -0.2) is 36.9 Å². The van der Waals surface area contributed by atoms with Crippen molar-refractivity contribution in [3.63, 3.8) is 0 Å². The number of hydrogen-bond acceptors (Lipinski definition) is 5. The first kappa shape index (κ1) is 14.0. The highest BCUT2D eigenvalue weighted by molar-refractivity contribution is 7.17. The molecule has 3 rings (SSSR count). The van der Waals surface area contributed by atoms with E-state index in [0.717, 1.165) is 37.0 Å². The predicted molar refractivity (Wildman–Crippen MR) is 82.9 cm³/mol. The number of carbonyl (C=O) groups excluding carboxylic acids is 1. The van der Waals surface area contributed by atoms with E-state index >= 15 is 0 Å². The molecule has 1 aromatic carbocycles. The Morgan fingerprint density at radius 3 is 2.33 bits per heavy atom. The normalized spacial score (nSPS) is 15.3. The number of Topliss-reactive ketones (excluding diaryl/α,β-unsaturated/α-hetero) is 1. The van der Waals surface area contributed by atoms with E-state index in [4.69, 9.17) is 0 Å². The van der Waals surface area contributed by atoms with Gasteiger partial charge in [0.25, 0.3) is 0 Å². The van der Waals surface area contributed by atoms with Crippen LogP contribution < -0.4 is 9.80 Å². The monoisotopic (exact) mass is 305 g/mol. The molecule has 21 heavy (non-hydrogen) atoms. The number of aromatic nitrogens is 1. The third-order valence-electron chi connectivity index (χ3n) is 3.58. The number of nitrogens with zero attached hydrogens (tertiary/aromatic N) is 3. The van der Waals surface area contributed by atoms with Crippen molar-refractivity contribution in [2.45, 2.75) is 6.92 Å². The van der Waals surface area contributed by atoms with Crippen LogP contribution in [0.5, 0.6) is 0 Å². The van der Waals surface area contributed by atoms with E-state index in [0.29, 0.717) is 4.88 Å². The highest BCUT2D eigenvalue weighted by Crippen LogP contribution is 2.25. The van der Waals surface area contributed by atoms with Gasteiger partial charge in [0.15, 0.2) is 10.9 Å². The Morgan fingerprint density at radius 2 is 1.76 bits per heavy atom. The summed E-state index contributed by atoms with van der Waals surface area (Å²) < 4.78 is 12.9. The summed E-state index contributed by atoms with van der Waals surface area (Å²) in [6.07, 6.45) is 1.65. The lowest BCUT2D eigenvalue weighted by molar-refractivity contribution is 0.102. The van der Waals surface area contributed by atoms with E-state index in [9.17, 15) is 9.18 Å². The molecule has 0 saturated carbocycles. The van der Waals surface area contributed by atoms with Crippen LogP contribution in [0.1, 0.15) is 16.6 Å². The number of rotatable bonds is 3. The molecule has 0 bridgehead atoms. The molecule has 4 nitrogen and oxygen atoms in total. The van der Waals surface area contributed by atoms with Gasteiger partial charge in [-0.3, -0.25) is 4.79 Å². The van der Waals surface area contributed by atoms with Gasteiger partial charge in [-0.2, -0.15) is 0 Å². The minimum atomic E-state index is -0.211. The molecule has 0 amide bonds. The smallest absolute Gasteiger partial charge is 0.186 e. The van der Waals surface area contributed by atoms with Crippen molar-refractivity contribution in [3.05, 3.63) is 41.2 Å². The minimum absolute atomic E-state index is 0.0590. The zero-order chi connectivity index (χ0) is 14.8. The van der Waals surface area contributed by atoms with Gasteiger partial charge in [-0.1, -0.05) is 11.3 Å². The summed E-state index contributed by atoms with van der Waals surface area (Å²) in [5, 5.41) is 0.902. The second kappa shape index (κ2) is 5.81. The minimum Gasteiger partial charge on any atom is -0.368 e. The molecule has 0 atom stereocenters. The zero-order valence-electron chi connectivity index (χ0n) is 11.8. The summed E-state index contributed by atoms with van der Waals surface area (Å²) in [5.41, 5.74) is 1.04. The highest BCUT2D eigenvalue weighted by Gasteiger charge is 2.20. The van der Waals surface area contributed by atoms with E-state index in [1.807, 2.05) is 12.1 Å². The van der Waals surface area contributed by atoms with Crippen molar-refractivity contribution in [2.75, 3.05) is 36.0 Å². The maximum Gasteiger partial charge on any atom is 0.186 e. The van der Waals surface area contributed by atoms with Gasteiger partial charge in [0, 0.05) is 38.8 Å². The Kier molecular flexibility index (Phi) is 3.88. The molecule has 0 spiro atoms. The number of anilines is 2. The quantitative estimate of drug-likeness (QED) is 0.817. The zero-order valence-corrected chi connectivity index (χ0v) is 12.6. The van der Waals surface area contributed by atoms with E-state index < -0.39 is 0 Å². The number of carbonyl (C=O) groups is 1. The number of ketones is 1. The van der Waals surface area contributed by atoms with Crippen LogP contribution in [0.4, 0.5) is 15.2 Å². The lowest BCUT2D eigenvalue weighted by atomic mass is 10.2. The summed E-state index contributed by atoms with van der Waals surface area (Å²) in [4.78, 5) is 20.8. The van der Waals surface area contributed by atoms with Gasteiger partial charge < -0.3 is 9.80 Å². The molecule has 6 heteroatoms.